The van der Waals surface area contributed by atoms with Gasteiger partial charge in [0, 0.05) is 34.8 Å². The van der Waals surface area contributed by atoms with Gasteiger partial charge < -0.3 is 29.3 Å². The molecule has 10 nitrogen and oxygen atoms in total. The Bertz CT molecular complexity index is 1920. The fourth-order valence-electron chi connectivity index (χ4n) is 4.51. The van der Waals surface area contributed by atoms with Crippen LogP contribution in [-0.4, -0.2) is 48.7 Å². The van der Waals surface area contributed by atoms with Crippen molar-refractivity contribution >= 4 is 41.8 Å². The molecule has 0 aliphatic heterocycles. The van der Waals surface area contributed by atoms with E-state index >= 15 is 0 Å². The SMILES string of the molecule is Cc1cc(=O)oc2cc(Oc3nc(-c4ccc(B(O)O)cc4)cn4c(-c5ccc(B(O)O)cc5)cnc34)ccc12. The zero-order valence-electron chi connectivity index (χ0n) is 21.1. The van der Waals surface area contributed by atoms with Crippen LogP contribution in [0.1, 0.15) is 5.56 Å². The minimum absolute atomic E-state index is 0.187. The van der Waals surface area contributed by atoms with Crippen LogP contribution in [0.5, 0.6) is 11.6 Å². The van der Waals surface area contributed by atoms with E-state index < -0.39 is 19.9 Å². The lowest BCUT2D eigenvalue weighted by Gasteiger charge is -2.12. The second-order valence-corrected chi connectivity index (χ2v) is 9.27. The number of hydrogen-bond acceptors (Lipinski definition) is 9. The molecule has 0 radical (unpaired) electrons. The topological polar surface area (TPSA) is 151 Å². The van der Waals surface area contributed by atoms with Crippen LogP contribution in [0.4, 0.5) is 0 Å². The van der Waals surface area contributed by atoms with Crippen LogP contribution in [0.25, 0.3) is 39.1 Å². The first-order valence-corrected chi connectivity index (χ1v) is 12.3. The summed E-state index contributed by atoms with van der Waals surface area (Å²) in [6.45, 7) is 1.83. The monoisotopic (exact) mass is 533 g/mol. The zero-order chi connectivity index (χ0) is 28.0. The molecular weight excluding hydrogens is 512 g/mol. The maximum Gasteiger partial charge on any atom is 0.488 e. The summed E-state index contributed by atoms with van der Waals surface area (Å²) >= 11 is 0. The van der Waals surface area contributed by atoms with E-state index in [0.29, 0.717) is 44.9 Å². The standard InChI is InChI=1S/C28H21B2N3O7/c1-16-12-26(34)40-25-13-21(10-11-22(16)25)39-28-27-31-14-24(18-4-8-20(9-5-18)30(37)38)33(27)15-23(32-28)17-2-6-19(7-3-17)29(35)36/h2-15,35-38H,1H3. The average molecular weight is 533 g/mol. The summed E-state index contributed by atoms with van der Waals surface area (Å²) in [5, 5.41) is 38.7. The summed E-state index contributed by atoms with van der Waals surface area (Å²) in [6, 6.07) is 20.0. The fourth-order valence-corrected chi connectivity index (χ4v) is 4.51. The minimum Gasteiger partial charge on any atom is -0.436 e. The molecule has 0 saturated carbocycles. The lowest BCUT2D eigenvalue weighted by molar-refractivity contribution is 0.424. The van der Waals surface area contributed by atoms with Crippen molar-refractivity contribution in [3.8, 4) is 34.1 Å². The molecule has 0 saturated heterocycles. The summed E-state index contributed by atoms with van der Waals surface area (Å²) in [7, 11) is -3.18. The summed E-state index contributed by atoms with van der Waals surface area (Å²) < 4.78 is 13.4. The smallest absolute Gasteiger partial charge is 0.436 e. The van der Waals surface area contributed by atoms with E-state index in [2.05, 4.69) is 4.98 Å². The van der Waals surface area contributed by atoms with Gasteiger partial charge in [-0.1, -0.05) is 48.5 Å². The van der Waals surface area contributed by atoms with E-state index in [1.807, 2.05) is 11.3 Å². The van der Waals surface area contributed by atoms with Gasteiger partial charge in [0.1, 0.15) is 11.3 Å². The molecule has 196 valence electrons. The Morgan fingerprint density at radius 3 is 2.15 bits per heavy atom. The number of ether oxygens (including phenoxy) is 1. The van der Waals surface area contributed by atoms with E-state index in [1.54, 1.807) is 79.1 Å². The Kier molecular flexibility index (Phi) is 6.45. The highest BCUT2D eigenvalue weighted by atomic mass is 16.5. The fraction of sp³-hybridized carbons (Fsp3) is 0.0357. The second kappa shape index (κ2) is 10.1. The van der Waals surface area contributed by atoms with Crippen LogP contribution in [0.2, 0.25) is 0 Å². The second-order valence-electron chi connectivity index (χ2n) is 9.27. The molecule has 40 heavy (non-hydrogen) atoms. The molecule has 0 spiro atoms. The van der Waals surface area contributed by atoms with Crippen LogP contribution >= 0.6 is 0 Å². The summed E-state index contributed by atoms with van der Waals surface area (Å²) in [5.41, 5.74) is 4.49. The number of fused-ring (bicyclic) bond motifs is 2. The number of aromatic nitrogens is 3. The van der Waals surface area contributed by atoms with Crippen molar-refractivity contribution in [2.75, 3.05) is 0 Å². The van der Waals surface area contributed by atoms with Gasteiger partial charge in [0.05, 0.1) is 17.6 Å². The highest BCUT2D eigenvalue weighted by Gasteiger charge is 2.18. The van der Waals surface area contributed by atoms with E-state index in [4.69, 9.17) is 14.1 Å². The molecule has 3 heterocycles. The molecule has 6 aromatic rings. The van der Waals surface area contributed by atoms with Crippen LogP contribution in [0.15, 0.2) is 94.4 Å². The summed E-state index contributed by atoms with van der Waals surface area (Å²) in [4.78, 5) is 21.2. The van der Waals surface area contributed by atoms with Gasteiger partial charge in [0.2, 0.25) is 5.65 Å². The Morgan fingerprint density at radius 1 is 0.850 bits per heavy atom. The zero-order valence-corrected chi connectivity index (χ0v) is 21.1. The van der Waals surface area contributed by atoms with Gasteiger partial charge in [-0.15, -0.1) is 0 Å². The quantitative estimate of drug-likeness (QED) is 0.185. The summed E-state index contributed by atoms with van der Waals surface area (Å²) in [5.74, 6) is 0.573. The molecule has 3 aromatic carbocycles. The normalized spacial score (nSPS) is 11.2. The Labute approximate surface area is 227 Å². The molecule has 0 fully saturated rings. The van der Waals surface area contributed by atoms with Crippen molar-refractivity contribution in [1.82, 2.24) is 14.4 Å². The third-order valence-corrected chi connectivity index (χ3v) is 6.61. The van der Waals surface area contributed by atoms with Crippen molar-refractivity contribution in [1.29, 1.82) is 0 Å². The Morgan fingerprint density at radius 2 is 1.50 bits per heavy atom. The maximum absolute atomic E-state index is 11.9. The maximum atomic E-state index is 11.9. The first-order valence-electron chi connectivity index (χ1n) is 12.3. The van der Waals surface area contributed by atoms with Gasteiger partial charge >= 0.3 is 19.9 Å². The van der Waals surface area contributed by atoms with E-state index in [-0.39, 0.29) is 5.88 Å². The van der Waals surface area contributed by atoms with Gasteiger partial charge in [0.25, 0.3) is 5.88 Å². The Hall–Kier alpha value is -4.74. The Balaban J connectivity index is 1.49. The van der Waals surface area contributed by atoms with Gasteiger partial charge in [-0.2, -0.15) is 0 Å². The number of nitrogens with zero attached hydrogens (tertiary/aromatic N) is 3. The highest BCUT2D eigenvalue weighted by Crippen LogP contribution is 2.32. The van der Waals surface area contributed by atoms with Gasteiger partial charge in [-0.3, -0.25) is 4.40 Å². The average Bonchev–Trinajstić information content (AvgIpc) is 3.37. The first-order chi connectivity index (χ1) is 19.3. The molecule has 0 amide bonds. The summed E-state index contributed by atoms with van der Waals surface area (Å²) in [6.07, 6.45) is 3.44. The molecule has 3 aromatic heterocycles. The molecule has 4 N–H and O–H groups in total. The molecule has 12 heteroatoms. The van der Waals surface area contributed by atoms with Gasteiger partial charge in [0.15, 0.2) is 0 Å². The van der Waals surface area contributed by atoms with Crippen LogP contribution in [-0.2, 0) is 0 Å². The predicted octanol–water partition coefficient (Wildman–Crippen LogP) is 1.63. The third-order valence-electron chi connectivity index (χ3n) is 6.61. The van der Waals surface area contributed by atoms with Crippen molar-refractivity contribution in [2.24, 2.45) is 0 Å². The molecular formula is C28H21B2N3O7. The van der Waals surface area contributed by atoms with Crippen molar-refractivity contribution in [3.63, 3.8) is 0 Å². The lowest BCUT2D eigenvalue weighted by Crippen LogP contribution is -2.29. The third kappa shape index (κ3) is 4.76. The number of rotatable bonds is 6. The van der Waals surface area contributed by atoms with Crippen molar-refractivity contribution < 1.29 is 29.3 Å². The van der Waals surface area contributed by atoms with Crippen LogP contribution < -0.4 is 21.3 Å². The predicted molar refractivity (Wildman–Crippen MR) is 151 cm³/mol. The molecule has 0 unspecified atom stereocenters. The van der Waals surface area contributed by atoms with E-state index in [0.717, 1.165) is 16.5 Å². The van der Waals surface area contributed by atoms with Gasteiger partial charge in [-0.05, 0) is 35.5 Å². The molecule has 6 rings (SSSR count). The molecule has 0 aliphatic rings. The lowest BCUT2D eigenvalue weighted by atomic mass is 9.80. The number of hydrogen-bond donors (Lipinski definition) is 4. The van der Waals surface area contributed by atoms with E-state index in [9.17, 15) is 24.9 Å². The minimum atomic E-state index is -1.60. The molecule has 0 atom stereocenters. The first kappa shape index (κ1) is 25.5. The number of benzene rings is 3. The number of aryl methyl sites for hydroxylation is 1. The molecule has 0 bridgehead atoms. The number of imidazole rings is 1. The van der Waals surface area contributed by atoms with Crippen LogP contribution in [0, 0.1) is 6.92 Å². The van der Waals surface area contributed by atoms with Crippen molar-refractivity contribution in [2.45, 2.75) is 6.92 Å². The largest absolute Gasteiger partial charge is 0.488 e. The van der Waals surface area contributed by atoms with Gasteiger partial charge in [-0.25, -0.2) is 14.8 Å². The van der Waals surface area contributed by atoms with E-state index in [1.165, 1.54) is 6.07 Å². The highest BCUT2D eigenvalue weighted by molar-refractivity contribution is 6.58. The van der Waals surface area contributed by atoms with Crippen molar-refractivity contribution in [3.05, 3.63) is 101 Å². The molecule has 0 aliphatic carbocycles. The van der Waals surface area contributed by atoms with Crippen LogP contribution in [0.3, 0.4) is 0 Å².